The van der Waals surface area contributed by atoms with Crippen LogP contribution in [0.3, 0.4) is 0 Å². The zero-order valence-electron chi connectivity index (χ0n) is 13.0. The highest BCUT2D eigenvalue weighted by Gasteiger charge is 2.29. The van der Waals surface area contributed by atoms with Gasteiger partial charge in [0.2, 0.25) is 5.91 Å². The first-order chi connectivity index (χ1) is 10.7. The summed E-state index contributed by atoms with van der Waals surface area (Å²) < 4.78 is 0. The van der Waals surface area contributed by atoms with Crippen molar-refractivity contribution in [3.8, 4) is 0 Å². The van der Waals surface area contributed by atoms with Crippen LogP contribution in [-0.2, 0) is 16.0 Å². The molecule has 1 amide bonds. The van der Waals surface area contributed by atoms with Crippen molar-refractivity contribution in [3.05, 3.63) is 35.9 Å². The first kappa shape index (κ1) is 16.5. The minimum absolute atomic E-state index is 0.0410. The molecule has 0 bridgehead atoms. The molecule has 1 fully saturated rings. The molecule has 2 unspecified atom stereocenters. The minimum atomic E-state index is -0.782. The van der Waals surface area contributed by atoms with Crippen molar-refractivity contribution in [2.45, 2.75) is 57.4 Å². The van der Waals surface area contributed by atoms with Gasteiger partial charge in [-0.25, -0.2) is 0 Å². The molecule has 4 heteroatoms. The number of hydrogen-bond donors (Lipinski definition) is 2. The molecule has 1 aromatic rings. The first-order valence-electron chi connectivity index (χ1n) is 8.23. The highest BCUT2D eigenvalue weighted by Crippen LogP contribution is 2.23. The highest BCUT2D eigenvalue weighted by molar-refractivity contribution is 5.78. The van der Waals surface area contributed by atoms with Crippen LogP contribution in [0.2, 0.25) is 0 Å². The van der Waals surface area contributed by atoms with Gasteiger partial charge in [-0.15, -0.1) is 0 Å². The molecule has 1 aromatic carbocycles. The van der Waals surface area contributed by atoms with E-state index in [0.29, 0.717) is 19.3 Å². The van der Waals surface area contributed by atoms with E-state index in [1.807, 2.05) is 30.3 Å². The largest absolute Gasteiger partial charge is 0.481 e. The maximum Gasteiger partial charge on any atom is 0.308 e. The zero-order chi connectivity index (χ0) is 15.8. The number of rotatable bonds is 5. The van der Waals surface area contributed by atoms with Crippen LogP contribution in [0.25, 0.3) is 0 Å². The van der Waals surface area contributed by atoms with E-state index in [-0.39, 0.29) is 11.9 Å². The maximum atomic E-state index is 12.1. The van der Waals surface area contributed by atoms with Crippen molar-refractivity contribution in [2.75, 3.05) is 0 Å². The van der Waals surface area contributed by atoms with Gasteiger partial charge in [-0.1, -0.05) is 56.0 Å². The van der Waals surface area contributed by atoms with E-state index in [2.05, 4.69) is 5.32 Å². The number of hydrogen-bond acceptors (Lipinski definition) is 2. The lowest BCUT2D eigenvalue weighted by atomic mass is 9.86. The van der Waals surface area contributed by atoms with E-state index in [0.717, 1.165) is 37.7 Å². The number of carbonyl (C=O) groups is 2. The molecule has 0 aliphatic heterocycles. The fraction of sp³-hybridized carbons (Fsp3) is 0.556. The van der Waals surface area contributed by atoms with E-state index >= 15 is 0 Å². The van der Waals surface area contributed by atoms with Gasteiger partial charge in [0.15, 0.2) is 0 Å². The van der Waals surface area contributed by atoms with E-state index < -0.39 is 11.9 Å². The average molecular weight is 303 g/mol. The van der Waals surface area contributed by atoms with Crippen LogP contribution in [0.15, 0.2) is 30.3 Å². The molecule has 2 atom stereocenters. The summed E-state index contributed by atoms with van der Waals surface area (Å²) in [7, 11) is 0. The summed E-state index contributed by atoms with van der Waals surface area (Å²) in [5.74, 6) is -1.27. The van der Waals surface area contributed by atoms with Gasteiger partial charge >= 0.3 is 5.97 Å². The third kappa shape index (κ3) is 5.17. The Labute approximate surface area is 131 Å². The molecular formula is C18H25NO3. The predicted molar refractivity (Wildman–Crippen MR) is 85.5 cm³/mol. The van der Waals surface area contributed by atoms with Crippen LogP contribution >= 0.6 is 0 Å². The van der Waals surface area contributed by atoms with Gasteiger partial charge < -0.3 is 10.4 Å². The van der Waals surface area contributed by atoms with Crippen molar-refractivity contribution in [1.82, 2.24) is 5.32 Å². The number of carbonyl (C=O) groups excluding carboxylic acids is 1. The maximum absolute atomic E-state index is 12.1. The third-order valence-corrected chi connectivity index (χ3v) is 4.41. The van der Waals surface area contributed by atoms with Gasteiger partial charge in [-0.05, 0) is 24.8 Å². The lowest BCUT2D eigenvalue weighted by Crippen LogP contribution is -2.44. The van der Waals surface area contributed by atoms with E-state index in [1.165, 1.54) is 0 Å². The molecule has 4 nitrogen and oxygen atoms in total. The fourth-order valence-corrected chi connectivity index (χ4v) is 3.13. The second-order valence-electron chi connectivity index (χ2n) is 6.10. The Morgan fingerprint density at radius 3 is 2.41 bits per heavy atom. The van der Waals surface area contributed by atoms with Crippen molar-refractivity contribution in [2.24, 2.45) is 5.92 Å². The van der Waals surface area contributed by atoms with Gasteiger partial charge in [0, 0.05) is 12.5 Å². The quantitative estimate of drug-likeness (QED) is 0.878. The Morgan fingerprint density at radius 2 is 1.73 bits per heavy atom. The molecule has 0 heterocycles. The van der Waals surface area contributed by atoms with Gasteiger partial charge in [0.25, 0.3) is 0 Å². The Bertz CT molecular complexity index is 486. The van der Waals surface area contributed by atoms with E-state index in [1.54, 1.807) is 0 Å². The Morgan fingerprint density at radius 1 is 1.05 bits per heavy atom. The number of carboxylic acid groups (broad SMARTS) is 1. The van der Waals surface area contributed by atoms with Crippen LogP contribution in [0.4, 0.5) is 0 Å². The standard InChI is InChI=1S/C18H25NO3/c20-17(13-12-14-8-4-3-5-9-14)19-16-11-7-2-1-6-10-15(16)18(21)22/h3-5,8-9,15-16H,1-2,6-7,10-13H2,(H,19,20)(H,21,22). The summed E-state index contributed by atoms with van der Waals surface area (Å²) in [6.45, 7) is 0. The van der Waals surface area contributed by atoms with Gasteiger partial charge in [0.05, 0.1) is 5.92 Å². The van der Waals surface area contributed by atoms with Crippen molar-refractivity contribution >= 4 is 11.9 Å². The molecule has 0 aromatic heterocycles. The number of nitrogens with one attached hydrogen (secondary N) is 1. The summed E-state index contributed by atoms with van der Waals surface area (Å²) in [4.78, 5) is 23.6. The lowest BCUT2D eigenvalue weighted by molar-refractivity contribution is -0.143. The minimum Gasteiger partial charge on any atom is -0.481 e. The zero-order valence-corrected chi connectivity index (χ0v) is 13.0. The molecule has 1 aliphatic rings. The Kier molecular flexibility index (Phi) is 6.44. The second kappa shape index (κ2) is 8.57. The van der Waals surface area contributed by atoms with Crippen molar-refractivity contribution < 1.29 is 14.7 Å². The summed E-state index contributed by atoms with van der Waals surface area (Å²) in [6.07, 6.45) is 6.69. The van der Waals surface area contributed by atoms with E-state index in [9.17, 15) is 14.7 Å². The SMILES string of the molecule is O=C(CCc1ccccc1)NC1CCCCCCC1C(=O)O. The number of amides is 1. The third-order valence-electron chi connectivity index (χ3n) is 4.41. The molecule has 0 spiro atoms. The van der Waals surface area contributed by atoms with E-state index in [4.69, 9.17) is 0 Å². The van der Waals surface area contributed by atoms with Gasteiger partial charge in [-0.2, -0.15) is 0 Å². The Balaban J connectivity index is 1.87. The smallest absolute Gasteiger partial charge is 0.308 e. The Hall–Kier alpha value is -1.84. The van der Waals surface area contributed by atoms with Crippen LogP contribution < -0.4 is 5.32 Å². The number of benzene rings is 1. The van der Waals surface area contributed by atoms with Crippen molar-refractivity contribution in [1.29, 1.82) is 0 Å². The molecule has 0 radical (unpaired) electrons. The fourth-order valence-electron chi connectivity index (χ4n) is 3.13. The highest BCUT2D eigenvalue weighted by atomic mass is 16.4. The number of aryl methyl sites for hydroxylation is 1. The molecule has 120 valence electrons. The van der Waals surface area contributed by atoms with Crippen LogP contribution in [0.1, 0.15) is 50.5 Å². The average Bonchev–Trinajstić information content (AvgIpc) is 2.49. The predicted octanol–water partition coefficient (Wildman–Crippen LogP) is 3.16. The topological polar surface area (TPSA) is 66.4 Å². The summed E-state index contributed by atoms with van der Waals surface area (Å²) in [5, 5.41) is 12.4. The molecule has 2 N–H and O–H groups in total. The van der Waals surface area contributed by atoms with Gasteiger partial charge in [-0.3, -0.25) is 9.59 Å². The molecule has 2 rings (SSSR count). The summed E-state index contributed by atoms with van der Waals surface area (Å²) in [5.41, 5.74) is 1.13. The van der Waals surface area contributed by atoms with Crippen molar-refractivity contribution in [3.63, 3.8) is 0 Å². The molecule has 22 heavy (non-hydrogen) atoms. The molecule has 1 aliphatic carbocycles. The monoisotopic (exact) mass is 303 g/mol. The lowest BCUT2D eigenvalue weighted by Gasteiger charge is -2.27. The molecule has 1 saturated carbocycles. The van der Waals surface area contributed by atoms with Crippen LogP contribution in [-0.4, -0.2) is 23.0 Å². The summed E-state index contributed by atoms with van der Waals surface area (Å²) in [6, 6.07) is 9.66. The normalized spacial score (nSPS) is 22.4. The first-order valence-corrected chi connectivity index (χ1v) is 8.23. The molecular weight excluding hydrogens is 278 g/mol. The number of carboxylic acids is 1. The molecule has 0 saturated heterocycles. The van der Waals surface area contributed by atoms with Crippen LogP contribution in [0.5, 0.6) is 0 Å². The second-order valence-corrected chi connectivity index (χ2v) is 6.10. The van der Waals surface area contributed by atoms with Gasteiger partial charge in [0.1, 0.15) is 0 Å². The van der Waals surface area contributed by atoms with Crippen LogP contribution in [0, 0.1) is 5.92 Å². The number of aliphatic carboxylic acids is 1. The summed E-state index contributed by atoms with van der Waals surface area (Å²) >= 11 is 0.